The zero-order chi connectivity index (χ0) is 45.1. The Morgan fingerprint density at radius 2 is 0.694 bits per heavy atom. The molecule has 0 fully saturated rings. The summed E-state index contributed by atoms with van der Waals surface area (Å²) >= 11 is 0. The van der Waals surface area contributed by atoms with Gasteiger partial charge in [-0.3, -0.25) is 14.4 Å². The molecular formula is C56H90O6. The van der Waals surface area contributed by atoms with Crippen LogP contribution in [-0.2, 0) is 28.6 Å². The summed E-state index contributed by atoms with van der Waals surface area (Å²) in [6.45, 7) is 6.29. The van der Waals surface area contributed by atoms with Gasteiger partial charge in [-0.25, -0.2) is 0 Å². The van der Waals surface area contributed by atoms with Crippen LogP contribution in [0.5, 0.6) is 0 Å². The molecule has 0 radical (unpaired) electrons. The van der Waals surface area contributed by atoms with Crippen LogP contribution in [0.4, 0.5) is 0 Å². The van der Waals surface area contributed by atoms with Crippen molar-refractivity contribution in [3.8, 4) is 0 Å². The van der Waals surface area contributed by atoms with E-state index in [-0.39, 0.29) is 37.5 Å². The first kappa shape index (κ1) is 58.1. The molecule has 0 spiro atoms. The molecule has 0 bridgehead atoms. The van der Waals surface area contributed by atoms with Gasteiger partial charge in [0.15, 0.2) is 6.10 Å². The number of hydrogen-bond donors (Lipinski definition) is 0. The first-order valence-electron chi connectivity index (χ1n) is 24.9. The fraction of sp³-hybridized carbons (Fsp3) is 0.625. The highest BCUT2D eigenvalue weighted by molar-refractivity contribution is 5.71. The molecule has 0 rings (SSSR count). The Balaban J connectivity index is 4.53. The molecule has 1 unspecified atom stereocenters. The summed E-state index contributed by atoms with van der Waals surface area (Å²) in [6, 6.07) is 0. The van der Waals surface area contributed by atoms with Gasteiger partial charge in [-0.2, -0.15) is 0 Å². The monoisotopic (exact) mass is 859 g/mol. The van der Waals surface area contributed by atoms with Gasteiger partial charge in [0.2, 0.25) is 0 Å². The van der Waals surface area contributed by atoms with Gasteiger partial charge >= 0.3 is 17.9 Å². The number of carbonyl (C=O) groups excluding carboxylic acids is 3. The van der Waals surface area contributed by atoms with Crippen molar-refractivity contribution < 1.29 is 28.6 Å². The van der Waals surface area contributed by atoms with E-state index in [1.807, 2.05) is 0 Å². The van der Waals surface area contributed by atoms with Gasteiger partial charge in [-0.15, -0.1) is 0 Å². The average Bonchev–Trinajstić information content (AvgIpc) is 3.27. The van der Waals surface area contributed by atoms with Crippen molar-refractivity contribution in [2.75, 3.05) is 13.2 Å². The third-order valence-electron chi connectivity index (χ3n) is 10.0. The molecule has 0 aliphatic heterocycles. The number of unbranched alkanes of at least 4 members (excludes halogenated alkanes) is 15. The SMILES string of the molecule is CC/C=C\C/C=C\C/C=C\C/C=C\C/C=C\CCCC(=O)OCC(COC(=O)CCCCCCC/C=C\C/C=C\CC)OC(=O)CCCCCCCC/C=C\C=C/CCCCC. The lowest BCUT2D eigenvalue weighted by atomic mass is 10.1. The second-order valence-electron chi connectivity index (χ2n) is 16.0. The largest absolute Gasteiger partial charge is 0.462 e. The normalized spacial score (nSPS) is 13.0. The van der Waals surface area contributed by atoms with E-state index in [1.165, 1.54) is 32.1 Å². The van der Waals surface area contributed by atoms with E-state index < -0.39 is 6.10 Å². The minimum atomic E-state index is -0.814. The van der Waals surface area contributed by atoms with Gasteiger partial charge < -0.3 is 14.2 Å². The van der Waals surface area contributed by atoms with Crippen LogP contribution in [0.1, 0.15) is 207 Å². The molecule has 0 aromatic carbocycles. The second kappa shape index (κ2) is 49.7. The third-order valence-corrected chi connectivity index (χ3v) is 10.0. The van der Waals surface area contributed by atoms with Crippen LogP contribution in [0.25, 0.3) is 0 Å². The Kier molecular flexibility index (Phi) is 46.6. The maximum absolute atomic E-state index is 12.8. The molecule has 6 heteroatoms. The van der Waals surface area contributed by atoms with Crippen LogP contribution in [0.15, 0.2) is 109 Å². The standard InChI is InChI=1S/C56H90O6/c1-4-7-10-13-16-19-22-25-27-28-30-31-34-37-40-43-46-49-55(58)61-52-53(51-60-54(57)48-45-42-39-36-33-24-21-18-15-12-9-6-3)62-56(59)50-47-44-41-38-35-32-29-26-23-20-17-14-11-8-5-2/h7,9-10,12,16-21,23,25-27,30-31,37,40,53H,4-6,8,11,13-15,22,24,28-29,32-36,38-39,41-52H2,1-3H3/b10-7-,12-9-,19-16-,20-17-,21-18-,26-23-,27-25-,31-30-,40-37-. The number of ether oxygens (including phenoxy) is 3. The van der Waals surface area contributed by atoms with Gasteiger partial charge in [0.05, 0.1) is 0 Å². The Bertz CT molecular complexity index is 1310. The highest BCUT2D eigenvalue weighted by Gasteiger charge is 2.19. The maximum Gasteiger partial charge on any atom is 0.306 e. The number of hydrogen-bond acceptors (Lipinski definition) is 6. The predicted molar refractivity (Wildman–Crippen MR) is 265 cm³/mol. The van der Waals surface area contributed by atoms with E-state index in [4.69, 9.17) is 14.2 Å². The summed E-state index contributed by atoms with van der Waals surface area (Å²) in [7, 11) is 0. The average molecular weight is 859 g/mol. The van der Waals surface area contributed by atoms with E-state index in [1.54, 1.807) is 0 Å². The highest BCUT2D eigenvalue weighted by Crippen LogP contribution is 2.12. The summed E-state index contributed by atoms with van der Waals surface area (Å²) in [4.78, 5) is 37.9. The van der Waals surface area contributed by atoms with E-state index in [2.05, 4.69) is 130 Å². The zero-order valence-corrected chi connectivity index (χ0v) is 39.8. The van der Waals surface area contributed by atoms with E-state index in [0.29, 0.717) is 19.3 Å². The Hall–Kier alpha value is -3.93. The predicted octanol–water partition coefficient (Wildman–Crippen LogP) is 16.4. The van der Waals surface area contributed by atoms with Crippen molar-refractivity contribution in [2.24, 2.45) is 0 Å². The molecule has 0 aromatic heterocycles. The van der Waals surface area contributed by atoms with Crippen molar-refractivity contribution in [1.29, 1.82) is 0 Å². The van der Waals surface area contributed by atoms with Gasteiger partial charge in [0, 0.05) is 19.3 Å². The molecule has 1 atom stereocenters. The molecule has 6 nitrogen and oxygen atoms in total. The van der Waals surface area contributed by atoms with Crippen molar-refractivity contribution in [2.45, 2.75) is 213 Å². The fourth-order valence-electron chi connectivity index (χ4n) is 6.33. The third kappa shape index (κ3) is 47.1. The van der Waals surface area contributed by atoms with Gasteiger partial charge in [0.25, 0.3) is 0 Å². The number of rotatable bonds is 43. The fourth-order valence-corrected chi connectivity index (χ4v) is 6.33. The first-order chi connectivity index (χ1) is 30.5. The first-order valence-corrected chi connectivity index (χ1v) is 24.9. The molecule has 0 aromatic rings. The Labute approximate surface area is 380 Å². The maximum atomic E-state index is 12.8. The van der Waals surface area contributed by atoms with Crippen LogP contribution in [0.2, 0.25) is 0 Å². The van der Waals surface area contributed by atoms with E-state index >= 15 is 0 Å². The Morgan fingerprint density at radius 1 is 0.355 bits per heavy atom. The summed E-state index contributed by atoms with van der Waals surface area (Å²) in [5.74, 6) is -1.00. The molecule has 0 amide bonds. The lowest BCUT2D eigenvalue weighted by Crippen LogP contribution is -2.30. The molecule has 0 saturated carbocycles. The molecule has 0 heterocycles. The molecule has 0 N–H and O–H groups in total. The van der Waals surface area contributed by atoms with E-state index in [0.717, 1.165) is 128 Å². The summed E-state index contributed by atoms with van der Waals surface area (Å²) < 4.78 is 16.7. The minimum absolute atomic E-state index is 0.110. The number of esters is 3. The highest BCUT2D eigenvalue weighted by atomic mass is 16.6. The molecule has 0 aliphatic carbocycles. The van der Waals surface area contributed by atoms with Gasteiger partial charge in [0.1, 0.15) is 13.2 Å². The topological polar surface area (TPSA) is 78.9 Å². The van der Waals surface area contributed by atoms with Crippen molar-refractivity contribution in [3.63, 3.8) is 0 Å². The summed E-state index contributed by atoms with van der Waals surface area (Å²) in [5, 5.41) is 0. The lowest BCUT2D eigenvalue weighted by Gasteiger charge is -2.18. The second-order valence-corrected chi connectivity index (χ2v) is 16.0. The summed E-state index contributed by atoms with van der Waals surface area (Å²) in [5.41, 5.74) is 0. The molecule has 350 valence electrons. The zero-order valence-electron chi connectivity index (χ0n) is 39.8. The minimum Gasteiger partial charge on any atom is -0.462 e. The van der Waals surface area contributed by atoms with Gasteiger partial charge in [-0.1, -0.05) is 188 Å². The van der Waals surface area contributed by atoms with Crippen molar-refractivity contribution >= 4 is 17.9 Å². The number of carbonyl (C=O) groups is 3. The van der Waals surface area contributed by atoms with Crippen LogP contribution >= 0.6 is 0 Å². The molecule has 62 heavy (non-hydrogen) atoms. The quantitative estimate of drug-likeness (QED) is 0.0200. The van der Waals surface area contributed by atoms with E-state index in [9.17, 15) is 14.4 Å². The molecule has 0 saturated heterocycles. The Morgan fingerprint density at radius 3 is 1.15 bits per heavy atom. The van der Waals surface area contributed by atoms with Crippen LogP contribution in [0.3, 0.4) is 0 Å². The van der Waals surface area contributed by atoms with Crippen molar-refractivity contribution in [3.05, 3.63) is 109 Å². The molecule has 0 aliphatic rings. The smallest absolute Gasteiger partial charge is 0.306 e. The van der Waals surface area contributed by atoms with Gasteiger partial charge in [-0.05, 0) is 109 Å². The van der Waals surface area contributed by atoms with Crippen LogP contribution < -0.4 is 0 Å². The van der Waals surface area contributed by atoms with Crippen LogP contribution in [-0.4, -0.2) is 37.2 Å². The molecular weight excluding hydrogens is 769 g/mol. The summed E-state index contributed by atoms with van der Waals surface area (Å²) in [6.07, 6.45) is 66.4. The van der Waals surface area contributed by atoms with Crippen molar-refractivity contribution in [1.82, 2.24) is 0 Å². The number of allylic oxidation sites excluding steroid dienone is 18. The van der Waals surface area contributed by atoms with Crippen LogP contribution in [0, 0.1) is 0 Å². The lowest BCUT2D eigenvalue weighted by molar-refractivity contribution is -0.167.